The van der Waals surface area contributed by atoms with Crippen LogP contribution in [0.25, 0.3) is 0 Å². The third kappa shape index (κ3) is 5.95. The number of pyridine rings is 1. The average Bonchev–Trinajstić information content (AvgIpc) is 3.24. The molecule has 1 saturated heterocycles. The van der Waals surface area contributed by atoms with Crippen molar-refractivity contribution in [3.8, 4) is 0 Å². The molecule has 28 heavy (non-hydrogen) atoms. The summed E-state index contributed by atoms with van der Waals surface area (Å²) in [6.07, 6.45) is 4.23. The Morgan fingerprint density at radius 2 is 2.14 bits per heavy atom. The lowest BCUT2D eigenvalue weighted by Gasteiger charge is -2.33. The van der Waals surface area contributed by atoms with Crippen molar-refractivity contribution in [3.05, 3.63) is 41.4 Å². The molecule has 0 aromatic carbocycles. The predicted molar refractivity (Wildman–Crippen MR) is 116 cm³/mol. The van der Waals surface area contributed by atoms with E-state index in [1.807, 2.05) is 19.1 Å². The molecule has 3 heterocycles. The van der Waals surface area contributed by atoms with Crippen molar-refractivity contribution in [1.82, 2.24) is 15.6 Å². The first-order chi connectivity index (χ1) is 13.6. The second-order valence-electron chi connectivity index (χ2n) is 6.87. The molecule has 2 aromatic heterocycles. The lowest BCUT2D eigenvalue weighted by molar-refractivity contribution is -0.116. The molecule has 0 radical (unpaired) electrons. The number of carbonyl (C=O) groups is 1. The highest BCUT2D eigenvalue weighted by Gasteiger charge is 2.20. The van der Waals surface area contributed by atoms with Crippen LogP contribution >= 0.6 is 11.3 Å². The summed E-state index contributed by atoms with van der Waals surface area (Å²) < 4.78 is 0. The summed E-state index contributed by atoms with van der Waals surface area (Å²) in [7, 11) is 1.76. The maximum absolute atomic E-state index is 12.0. The molecule has 1 aliphatic rings. The Morgan fingerprint density at radius 1 is 1.32 bits per heavy atom. The van der Waals surface area contributed by atoms with Crippen molar-refractivity contribution in [3.63, 3.8) is 0 Å². The molecule has 0 unspecified atom stereocenters. The first-order valence-electron chi connectivity index (χ1n) is 9.62. The van der Waals surface area contributed by atoms with Gasteiger partial charge in [-0.3, -0.25) is 9.79 Å². The highest BCUT2D eigenvalue weighted by atomic mass is 32.1. The van der Waals surface area contributed by atoms with Gasteiger partial charge in [-0.05, 0) is 48.9 Å². The third-order valence-electron chi connectivity index (χ3n) is 4.70. The van der Waals surface area contributed by atoms with Gasteiger partial charge in [0.2, 0.25) is 5.91 Å². The Morgan fingerprint density at radius 3 is 2.79 bits per heavy atom. The van der Waals surface area contributed by atoms with E-state index in [2.05, 4.69) is 48.3 Å². The number of guanidine groups is 1. The number of carbonyl (C=O) groups excluding carboxylic acids is 1. The number of thiophene rings is 1. The fourth-order valence-corrected chi connectivity index (χ4v) is 3.91. The number of rotatable bonds is 6. The van der Waals surface area contributed by atoms with Crippen LogP contribution in [0.4, 0.5) is 10.8 Å². The van der Waals surface area contributed by atoms with E-state index < -0.39 is 0 Å². The van der Waals surface area contributed by atoms with Crippen molar-refractivity contribution in [1.29, 1.82) is 0 Å². The first-order valence-corrected chi connectivity index (χ1v) is 10.5. The van der Waals surface area contributed by atoms with Crippen LogP contribution in [0.2, 0.25) is 0 Å². The molecule has 150 valence electrons. The van der Waals surface area contributed by atoms with Crippen LogP contribution < -0.4 is 20.9 Å². The molecule has 3 N–H and O–H groups in total. The molecular weight excluding hydrogens is 372 g/mol. The van der Waals surface area contributed by atoms with E-state index in [0.29, 0.717) is 24.8 Å². The normalized spacial score (nSPS) is 15.4. The number of nitrogens with one attached hydrogen (secondary N) is 3. The second-order valence-corrected chi connectivity index (χ2v) is 7.80. The molecule has 1 fully saturated rings. The smallest absolute Gasteiger partial charge is 0.227 e. The van der Waals surface area contributed by atoms with Crippen LogP contribution in [0.15, 0.2) is 40.8 Å². The van der Waals surface area contributed by atoms with E-state index in [-0.39, 0.29) is 5.91 Å². The number of hydrogen-bond donors (Lipinski definition) is 3. The van der Waals surface area contributed by atoms with Crippen LogP contribution in [0.1, 0.15) is 24.8 Å². The molecule has 3 rings (SSSR count). The quantitative estimate of drug-likeness (QED) is 0.513. The van der Waals surface area contributed by atoms with Gasteiger partial charge >= 0.3 is 0 Å². The van der Waals surface area contributed by atoms with E-state index in [9.17, 15) is 4.79 Å². The summed E-state index contributed by atoms with van der Waals surface area (Å²) in [4.78, 5) is 23.0. The SMILES string of the molecule is CN=C(NCCC(=O)Nc1ccc(C)cn1)NC1CCN(c2cccs2)CC1. The maximum atomic E-state index is 12.0. The maximum Gasteiger partial charge on any atom is 0.227 e. The zero-order valence-electron chi connectivity index (χ0n) is 16.4. The summed E-state index contributed by atoms with van der Waals surface area (Å²) in [5.74, 6) is 1.26. The van der Waals surface area contributed by atoms with Gasteiger partial charge < -0.3 is 20.9 Å². The minimum Gasteiger partial charge on any atom is -0.363 e. The molecule has 1 amide bonds. The van der Waals surface area contributed by atoms with Gasteiger partial charge in [-0.15, -0.1) is 11.3 Å². The average molecular weight is 401 g/mol. The van der Waals surface area contributed by atoms with Crippen molar-refractivity contribution in [2.75, 3.05) is 36.9 Å². The number of aryl methyl sites for hydroxylation is 1. The number of anilines is 2. The molecule has 8 heteroatoms. The molecule has 1 aliphatic heterocycles. The molecular formula is C20H28N6OS. The van der Waals surface area contributed by atoms with Crippen LogP contribution in [-0.2, 0) is 4.79 Å². The van der Waals surface area contributed by atoms with Crippen LogP contribution in [0.5, 0.6) is 0 Å². The number of aromatic nitrogens is 1. The van der Waals surface area contributed by atoms with Crippen molar-refractivity contribution < 1.29 is 4.79 Å². The molecule has 0 atom stereocenters. The second kappa shape index (κ2) is 10.1. The van der Waals surface area contributed by atoms with Gasteiger partial charge in [0.15, 0.2) is 5.96 Å². The van der Waals surface area contributed by atoms with Gasteiger partial charge in [-0.25, -0.2) is 4.98 Å². The van der Waals surface area contributed by atoms with Crippen LogP contribution in [-0.4, -0.2) is 49.6 Å². The Hall–Kier alpha value is -2.61. The standard InChI is InChI=1S/C20H28N6OS/c1-15-5-6-17(23-14-15)25-18(27)7-10-22-20(21-2)24-16-8-11-26(12-9-16)19-4-3-13-28-19/h3-6,13-14,16H,7-12H2,1-2H3,(H2,21,22,24)(H,23,25,27). The number of aliphatic imine (C=N–C) groups is 1. The van der Waals surface area contributed by atoms with Crippen LogP contribution in [0.3, 0.4) is 0 Å². The number of piperidine rings is 1. The first kappa shape index (κ1) is 20.1. The molecule has 7 nitrogen and oxygen atoms in total. The zero-order chi connectivity index (χ0) is 19.8. The van der Waals surface area contributed by atoms with Gasteiger partial charge in [0.25, 0.3) is 0 Å². The topological polar surface area (TPSA) is 81.6 Å². The minimum atomic E-state index is -0.0661. The monoisotopic (exact) mass is 400 g/mol. The van der Waals surface area contributed by atoms with E-state index in [0.717, 1.165) is 37.5 Å². The Bertz CT molecular complexity index is 767. The van der Waals surface area contributed by atoms with E-state index in [4.69, 9.17) is 0 Å². The van der Waals surface area contributed by atoms with Crippen molar-refractivity contribution in [2.45, 2.75) is 32.2 Å². The summed E-state index contributed by atoms with van der Waals surface area (Å²) in [6, 6.07) is 8.41. The van der Waals surface area contributed by atoms with E-state index in [1.165, 1.54) is 5.00 Å². The molecule has 0 spiro atoms. The minimum absolute atomic E-state index is 0.0661. The summed E-state index contributed by atoms with van der Waals surface area (Å²) >= 11 is 1.79. The Kier molecular flexibility index (Phi) is 7.25. The van der Waals surface area contributed by atoms with E-state index in [1.54, 1.807) is 24.6 Å². The Labute approximate surface area is 170 Å². The fraction of sp³-hybridized carbons (Fsp3) is 0.450. The van der Waals surface area contributed by atoms with Crippen LogP contribution in [0, 0.1) is 6.92 Å². The van der Waals surface area contributed by atoms with Gasteiger partial charge in [0.05, 0.1) is 5.00 Å². The largest absolute Gasteiger partial charge is 0.363 e. The molecule has 0 bridgehead atoms. The highest BCUT2D eigenvalue weighted by Crippen LogP contribution is 2.24. The summed E-state index contributed by atoms with van der Waals surface area (Å²) in [5.41, 5.74) is 1.07. The van der Waals surface area contributed by atoms with Gasteiger partial charge in [-0.2, -0.15) is 0 Å². The summed E-state index contributed by atoms with van der Waals surface area (Å²) in [6.45, 7) is 4.57. The third-order valence-corrected chi connectivity index (χ3v) is 5.63. The Balaban J connectivity index is 1.35. The number of hydrogen-bond acceptors (Lipinski definition) is 5. The molecule has 0 aliphatic carbocycles. The molecule has 2 aromatic rings. The van der Waals surface area contributed by atoms with Gasteiger partial charge in [-0.1, -0.05) is 6.07 Å². The predicted octanol–water partition coefficient (Wildman–Crippen LogP) is 2.61. The van der Waals surface area contributed by atoms with Gasteiger partial charge in [0, 0.05) is 45.3 Å². The zero-order valence-corrected chi connectivity index (χ0v) is 17.3. The number of amides is 1. The van der Waals surface area contributed by atoms with Crippen molar-refractivity contribution >= 4 is 34.0 Å². The number of nitrogens with zero attached hydrogens (tertiary/aromatic N) is 3. The van der Waals surface area contributed by atoms with Gasteiger partial charge in [0.1, 0.15) is 5.82 Å². The summed E-state index contributed by atoms with van der Waals surface area (Å²) in [5, 5.41) is 13.0. The molecule has 0 saturated carbocycles. The fourth-order valence-electron chi connectivity index (χ4n) is 3.12. The lowest BCUT2D eigenvalue weighted by Crippen LogP contribution is -2.49. The van der Waals surface area contributed by atoms with E-state index >= 15 is 0 Å². The lowest BCUT2D eigenvalue weighted by atomic mass is 10.1. The van der Waals surface area contributed by atoms with Crippen molar-refractivity contribution in [2.24, 2.45) is 4.99 Å². The highest BCUT2D eigenvalue weighted by molar-refractivity contribution is 7.14.